The van der Waals surface area contributed by atoms with Gasteiger partial charge in [-0.25, -0.2) is 5.43 Å². The summed E-state index contributed by atoms with van der Waals surface area (Å²) < 4.78 is 1.94. The number of allylic oxidation sites excluding steroid dienone is 1. The van der Waals surface area contributed by atoms with E-state index in [9.17, 15) is 4.79 Å². The predicted octanol–water partition coefficient (Wildman–Crippen LogP) is 3.68. The molecule has 2 aromatic carbocycles. The van der Waals surface area contributed by atoms with Crippen molar-refractivity contribution in [1.82, 2.24) is 20.2 Å². The molecule has 1 aromatic heterocycles. The molecule has 1 atom stereocenters. The van der Waals surface area contributed by atoms with E-state index in [-0.39, 0.29) is 5.91 Å². The summed E-state index contributed by atoms with van der Waals surface area (Å²) in [7, 11) is 0. The highest BCUT2D eigenvalue weighted by Crippen LogP contribution is 2.23. The number of aromatic nitrogens is 3. The molecule has 9 heteroatoms. The zero-order valence-corrected chi connectivity index (χ0v) is 19.0. The Kier molecular flexibility index (Phi) is 8.04. The molecule has 1 heterocycles. The monoisotopic (exact) mass is 449 g/mol. The number of hydrogen-bond acceptors (Lipinski definition) is 7. The number of nitrogens with two attached hydrogens (primary N) is 1. The second kappa shape index (κ2) is 11.1. The van der Waals surface area contributed by atoms with Gasteiger partial charge in [-0.3, -0.25) is 4.79 Å². The number of amides is 1. The quantitative estimate of drug-likeness (QED) is 0.143. The van der Waals surface area contributed by atoms with Gasteiger partial charge in [-0.1, -0.05) is 48.2 Å². The zero-order valence-electron chi connectivity index (χ0n) is 18.2. The van der Waals surface area contributed by atoms with Crippen molar-refractivity contribution < 1.29 is 4.79 Å². The number of benzene rings is 2. The van der Waals surface area contributed by atoms with Crippen LogP contribution in [-0.4, -0.2) is 31.6 Å². The van der Waals surface area contributed by atoms with Crippen LogP contribution in [0.15, 0.2) is 77.5 Å². The third kappa shape index (κ3) is 6.21. The Balaban J connectivity index is 1.62. The third-order valence-corrected chi connectivity index (χ3v) is 5.72. The molecule has 0 saturated carbocycles. The molecule has 0 radical (unpaired) electrons. The first kappa shape index (κ1) is 23.1. The number of nitrogens with one attached hydrogen (secondary N) is 2. The lowest BCUT2D eigenvalue weighted by molar-refractivity contribution is -0.120. The SMILES string of the molecule is C=CCn1c(CNc2ccccc2)nnc1S[C@H](C)C(=O)N/N=C(/C)c1ccc(N)cc1. The molecule has 8 nitrogen and oxygen atoms in total. The molecule has 0 aliphatic carbocycles. The van der Waals surface area contributed by atoms with Gasteiger partial charge in [0.05, 0.1) is 17.5 Å². The summed E-state index contributed by atoms with van der Waals surface area (Å²) in [5.41, 5.74) is 11.6. The van der Waals surface area contributed by atoms with Crippen LogP contribution in [-0.2, 0) is 17.9 Å². The second-order valence-electron chi connectivity index (χ2n) is 7.07. The molecule has 0 bridgehead atoms. The summed E-state index contributed by atoms with van der Waals surface area (Å²) in [6.07, 6.45) is 1.78. The summed E-state index contributed by atoms with van der Waals surface area (Å²) in [5, 5.41) is 16.3. The number of anilines is 2. The molecule has 4 N–H and O–H groups in total. The molecule has 0 saturated heterocycles. The normalized spacial score (nSPS) is 12.2. The molecule has 0 aliphatic rings. The minimum atomic E-state index is -0.416. The largest absolute Gasteiger partial charge is 0.399 e. The first-order valence-corrected chi connectivity index (χ1v) is 11.0. The summed E-state index contributed by atoms with van der Waals surface area (Å²) in [5.74, 6) is 0.544. The Bertz CT molecular complexity index is 1080. The molecular formula is C23H27N7OS. The fourth-order valence-corrected chi connectivity index (χ4v) is 3.69. The maximum atomic E-state index is 12.6. The average molecular weight is 450 g/mol. The van der Waals surface area contributed by atoms with E-state index in [0.717, 1.165) is 17.1 Å². The molecule has 3 aromatic rings. The number of nitrogens with zero attached hydrogens (tertiary/aromatic N) is 4. The maximum absolute atomic E-state index is 12.6. The van der Waals surface area contributed by atoms with Gasteiger partial charge in [0.15, 0.2) is 11.0 Å². The molecule has 1 amide bonds. The molecule has 3 rings (SSSR count). The smallest absolute Gasteiger partial charge is 0.253 e. The van der Waals surface area contributed by atoms with Crippen LogP contribution in [0.2, 0.25) is 0 Å². The summed E-state index contributed by atoms with van der Waals surface area (Å²) >= 11 is 1.33. The van der Waals surface area contributed by atoms with Crippen LogP contribution >= 0.6 is 11.8 Å². The molecule has 166 valence electrons. The predicted molar refractivity (Wildman–Crippen MR) is 131 cm³/mol. The number of thioether (sulfide) groups is 1. The number of nitrogen functional groups attached to an aromatic ring is 1. The molecule has 0 fully saturated rings. The highest BCUT2D eigenvalue weighted by atomic mass is 32.2. The fraction of sp³-hybridized carbons (Fsp3) is 0.217. The summed E-state index contributed by atoms with van der Waals surface area (Å²) in [4.78, 5) is 12.6. The van der Waals surface area contributed by atoms with Crippen molar-refractivity contribution in [2.75, 3.05) is 11.1 Å². The van der Waals surface area contributed by atoms with Gasteiger partial charge in [-0.15, -0.1) is 16.8 Å². The minimum absolute atomic E-state index is 0.220. The van der Waals surface area contributed by atoms with E-state index in [1.165, 1.54) is 11.8 Å². The summed E-state index contributed by atoms with van der Waals surface area (Å²) in [6.45, 7) is 8.52. The van der Waals surface area contributed by atoms with Gasteiger partial charge >= 0.3 is 0 Å². The second-order valence-corrected chi connectivity index (χ2v) is 8.38. The van der Waals surface area contributed by atoms with Gasteiger partial charge in [0.2, 0.25) is 0 Å². The standard InChI is InChI=1S/C23H27N7OS/c1-4-14-30-21(15-25-20-8-6-5-7-9-20)27-29-23(30)32-17(3)22(31)28-26-16(2)18-10-12-19(24)13-11-18/h4-13,17,25H,1,14-15,24H2,2-3H3,(H,28,31)/b26-16-/t17-/m1/s1. The lowest BCUT2D eigenvalue weighted by Crippen LogP contribution is -2.28. The maximum Gasteiger partial charge on any atom is 0.253 e. The number of para-hydroxylation sites is 1. The van der Waals surface area contributed by atoms with Crippen LogP contribution in [0.3, 0.4) is 0 Å². The van der Waals surface area contributed by atoms with Crippen LogP contribution in [0.4, 0.5) is 11.4 Å². The Hall–Kier alpha value is -3.59. The Morgan fingerprint density at radius 2 is 1.94 bits per heavy atom. The molecule has 32 heavy (non-hydrogen) atoms. The molecule has 0 spiro atoms. The van der Waals surface area contributed by atoms with Crippen molar-refractivity contribution in [1.29, 1.82) is 0 Å². The van der Waals surface area contributed by atoms with Gasteiger partial charge in [0.1, 0.15) is 0 Å². The fourth-order valence-electron chi connectivity index (χ4n) is 2.82. The highest BCUT2D eigenvalue weighted by molar-refractivity contribution is 8.00. The van der Waals surface area contributed by atoms with Crippen molar-refractivity contribution in [2.24, 2.45) is 5.10 Å². The molecular weight excluding hydrogens is 422 g/mol. The Morgan fingerprint density at radius 1 is 1.22 bits per heavy atom. The number of carbonyl (C=O) groups is 1. The minimum Gasteiger partial charge on any atom is -0.399 e. The molecule has 0 aliphatic heterocycles. The highest BCUT2D eigenvalue weighted by Gasteiger charge is 2.19. The van der Waals surface area contributed by atoms with Crippen LogP contribution in [0.25, 0.3) is 0 Å². The number of rotatable bonds is 10. The van der Waals surface area contributed by atoms with E-state index in [4.69, 9.17) is 5.73 Å². The first-order chi connectivity index (χ1) is 15.5. The van der Waals surface area contributed by atoms with E-state index < -0.39 is 5.25 Å². The Morgan fingerprint density at radius 3 is 2.62 bits per heavy atom. The van der Waals surface area contributed by atoms with E-state index in [0.29, 0.717) is 29.6 Å². The first-order valence-electron chi connectivity index (χ1n) is 10.2. The van der Waals surface area contributed by atoms with Crippen molar-refractivity contribution >= 4 is 34.8 Å². The number of carbonyl (C=O) groups excluding carboxylic acids is 1. The number of hydrogen-bond donors (Lipinski definition) is 3. The Labute approximate surface area is 192 Å². The van der Waals surface area contributed by atoms with Crippen molar-refractivity contribution in [2.45, 2.75) is 37.3 Å². The van der Waals surface area contributed by atoms with E-state index in [1.807, 2.05) is 60.9 Å². The lowest BCUT2D eigenvalue weighted by atomic mass is 10.1. The zero-order chi connectivity index (χ0) is 22.9. The topological polar surface area (TPSA) is 110 Å². The van der Waals surface area contributed by atoms with Gasteiger partial charge in [-0.05, 0) is 43.7 Å². The van der Waals surface area contributed by atoms with E-state index in [2.05, 4.69) is 32.6 Å². The summed E-state index contributed by atoms with van der Waals surface area (Å²) in [6, 6.07) is 17.2. The van der Waals surface area contributed by atoms with Crippen molar-refractivity contribution in [3.8, 4) is 0 Å². The van der Waals surface area contributed by atoms with Crippen LogP contribution in [0.1, 0.15) is 25.2 Å². The van der Waals surface area contributed by atoms with Gasteiger partial charge < -0.3 is 15.6 Å². The average Bonchev–Trinajstić information content (AvgIpc) is 3.18. The van der Waals surface area contributed by atoms with Gasteiger partial charge in [0, 0.05) is 17.9 Å². The van der Waals surface area contributed by atoms with E-state index >= 15 is 0 Å². The van der Waals surface area contributed by atoms with Crippen molar-refractivity contribution in [3.63, 3.8) is 0 Å². The number of hydrazone groups is 1. The van der Waals surface area contributed by atoms with Crippen molar-refractivity contribution in [3.05, 3.63) is 78.6 Å². The third-order valence-electron chi connectivity index (χ3n) is 4.64. The van der Waals surface area contributed by atoms with Crippen LogP contribution in [0.5, 0.6) is 0 Å². The van der Waals surface area contributed by atoms with Gasteiger partial charge in [-0.2, -0.15) is 5.10 Å². The molecule has 0 unspecified atom stereocenters. The lowest BCUT2D eigenvalue weighted by Gasteiger charge is -2.12. The van der Waals surface area contributed by atoms with E-state index in [1.54, 1.807) is 18.2 Å². The van der Waals surface area contributed by atoms with Crippen LogP contribution in [0, 0.1) is 0 Å². The van der Waals surface area contributed by atoms with Crippen LogP contribution < -0.4 is 16.5 Å². The van der Waals surface area contributed by atoms with Gasteiger partial charge in [0.25, 0.3) is 5.91 Å².